The number of likely N-dealkylation sites (N-methyl/N-ethyl adjacent to an activating group) is 1. The number of aromatic nitrogens is 4. The van der Waals surface area contributed by atoms with Gasteiger partial charge in [-0.15, -0.1) is 0 Å². The van der Waals surface area contributed by atoms with Crippen LogP contribution >= 0.6 is 0 Å². The molecule has 34 heavy (non-hydrogen) atoms. The molecule has 0 amide bonds. The number of hydrogen-bond donors (Lipinski definition) is 3. The summed E-state index contributed by atoms with van der Waals surface area (Å²) in [4.78, 5) is 12.6. The van der Waals surface area contributed by atoms with Gasteiger partial charge in [0.2, 0.25) is 0 Å². The maximum absolute atomic E-state index is 9.87. The molecule has 8 nitrogen and oxygen atoms in total. The Bertz CT molecular complexity index is 1560. The molecule has 0 spiro atoms. The summed E-state index contributed by atoms with van der Waals surface area (Å²) in [5, 5.41) is 18.8. The Hall–Kier alpha value is -4.35. The van der Waals surface area contributed by atoms with E-state index in [0.29, 0.717) is 11.4 Å². The smallest absolute Gasteiger partial charge is 0.153 e. The highest BCUT2D eigenvalue weighted by atomic mass is 15.2. The Morgan fingerprint density at radius 2 is 1.79 bits per heavy atom. The molecular weight excluding hydrogens is 424 g/mol. The third kappa shape index (κ3) is 3.34. The van der Waals surface area contributed by atoms with Crippen LogP contribution in [0.4, 0.5) is 11.5 Å². The van der Waals surface area contributed by atoms with Crippen molar-refractivity contribution in [1.82, 2.24) is 25.1 Å². The number of fused-ring (bicyclic) bond motifs is 2. The Morgan fingerprint density at radius 1 is 0.971 bits per heavy atom. The Morgan fingerprint density at radius 3 is 2.62 bits per heavy atom. The monoisotopic (exact) mass is 448 g/mol. The van der Waals surface area contributed by atoms with Gasteiger partial charge in [-0.3, -0.25) is 5.10 Å². The normalized spacial score (nSPS) is 14.6. The summed E-state index contributed by atoms with van der Waals surface area (Å²) in [5.41, 5.74) is 13.4. The second kappa shape index (κ2) is 7.90. The summed E-state index contributed by atoms with van der Waals surface area (Å²) >= 11 is 0. The molecule has 4 heterocycles. The largest absolute Gasteiger partial charge is 0.382 e. The highest BCUT2D eigenvalue weighted by Crippen LogP contribution is 2.34. The predicted molar refractivity (Wildman–Crippen MR) is 135 cm³/mol. The molecule has 168 valence electrons. The highest BCUT2D eigenvalue weighted by Gasteiger charge is 2.18. The number of nitrogens with zero attached hydrogens (tertiary/aromatic N) is 5. The molecule has 1 aliphatic rings. The van der Waals surface area contributed by atoms with Crippen molar-refractivity contribution in [1.29, 1.82) is 5.26 Å². The van der Waals surface area contributed by atoms with Crippen LogP contribution in [0.1, 0.15) is 5.56 Å². The van der Waals surface area contributed by atoms with E-state index in [4.69, 9.17) is 5.73 Å². The number of nitrogens with two attached hydrogens (primary N) is 1. The molecule has 4 N–H and O–H groups in total. The molecule has 0 aliphatic carbocycles. The predicted octanol–water partition coefficient (Wildman–Crippen LogP) is 3.98. The number of rotatable bonds is 3. The lowest BCUT2D eigenvalue weighted by Crippen LogP contribution is -2.44. The number of pyridine rings is 1. The molecule has 1 saturated heterocycles. The van der Waals surface area contributed by atoms with E-state index in [1.807, 2.05) is 24.3 Å². The van der Waals surface area contributed by atoms with E-state index >= 15 is 0 Å². The number of H-pyrrole nitrogens is 2. The fraction of sp³-hybridized carbons (Fsp3) is 0.192. The van der Waals surface area contributed by atoms with Crippen LogP contribution in [0.25, 0.3) is 44.3 Å². The van der Waals surface area contributed by atoms with Crippen molar-refractivity contribution in [3.05, 3.63) is 60.3 Å². The molecule has 3 aromatic heterocycles. The number of aromatic amines is 2. The van der Waals surface area contributed by atoms with Gasteiger partial charge in [-0.25, -0.2) is 4.98 Å². The van der Waals surface area contributed by atoms with Crippen molar-refractivity contribution in [3.8, 4) is 28.5 Å². The van der Waals surface area contributed by atoms with Crippen LogP contribution in [0.3, 0.4) is 0 Å². The van der Waals surface area contributed by atoms with Crippen molar-refractivity contribution in [3.63, 3.8) is 0 Å². The lowest BCUT2D eigenvalue weighted by Gasteiger charge is -2.34. The van der Waals surface area contributed by atoms with Gasteiger partial charge in [-0.1, -0.05) is 12.1 Å². The Balaban J connectivity index is 1.40. The highest BCUT2D eigenvalue weighted by molar-refractivity contribution is 5.99. The van der Waals surface area contributed by atoms with Crippen LogP contribution in [0.5, 0.6) is 0 Å². The summed E-state index contributed by atoms with van der Waals surface area (Å²) in [7, 11) is 2.13. The minimum absolute atomic E-state index is 0.487. The summed E-state index contributed by atoms with van der Waals surface area (Å²) < 4.78 is 0. The van der Waals surface area contributed by atoms with Gasteiger partial charge in [0.05, 0.1) is 16.8 Å². The number of hydrogen-bond acceptors (Lipinski definition) is 6. The molecule has 1 aliphatic heterocycles. The molecule has 2 aromatic carbocycles. The maximum atomic E-state index is 9.87. The minimum atomic E-state index is 0.487. The lowest BCUT2D eigenvalue weighted by atomic mass is 10.0. The van der Waals surface area contributed by atoms with Gasteiger partial charge < -0.3 is 20.5 Å². The summed E-state index contributed by atoms with van der Waals surface area (Å²) in [6, 6.07) is 18.7. The lowest BCUT2D eigenvalue weighted by molar-refractivity contribution is 0.313. The number of nitriles is 1. The zero-order chi connectivity index (χ0) is 23.2. The average molecular weight is 449 g/mol. The fourth-order valence-corrected chi connectivity index (χ4v) is 4.75. The molecule has 8 heteroatoms. The van der Waals surface area contributed by atoms with E-state index in [2.05, 4.69) is 67.3 Å². The van der Waals surface area contributed by atoms with Crippen molar-refractivity contribution in [2.75, 3.05) is 43.9 Å². The molecular formula is C26H24N8. The Kier molecular flexibility index (Phi) is 4.71. The van der Waals surface area contributed by atoms with Gasteiger partial charge in [0.1, 0.15) is 11.7 Å². The van der Waals surface area contributed by atoms with Crippen molar-refractivity contribution < 1.29 is 0 Å². The second-order valence-electron chi connectivity index (χ2n) is 8.81. The van der Waals surface area contributed by atoms with Crippen LogP contribution in [0.2, 0.25) is 0 Å². The first kappa shape index (κ1) is 20.3. The van der Waals surface area contributed by atoms with Gasteiger partial charge in [0.15, 0.2) is 5.82 Å². The standard InChI is InChI=1S/C26H24N8/c1-33-8-10-34(11-9-33)24-5-3-17(12-18(24)15-27)23-14-20-19(6-7-29-26(20)30-23)16-2-4-22-21(13-16)25(28)32-31-22/h2-7,12-14H,8-11H2,1H3,(H,29,30)(H3,28,31,32). The van der Waals surface area contributed by atoms with Crippen molar-refractivity contribution in [2.24, 2.45) is 0 Å². The molecule has 5 aromatic rings. The van der Waals surface area contributed by atoms with Crippen molar-refractivity contribution in [2.45, 2.75) is 0 Å². The van der Waals surface area contributed by atoms with Crippen molar-refractivity contribution >= 4 is 33.4 Å². The number of nitrogens with one attached hydrogen (secondary N) is 2. The maximum Gasteiger partial charge on any atom is 0.153 e. The van der Waals surface area contributed by atoms with Crippen LogP contribution in [-0.4, -0.2) is 58.3 Å². The number of benzene rings is 2. The summed E-state index contributed by atoms with van der Waals surface area (Å²) in [5.74, 6) is 0.487. The van der Waals surface area contributed by atoms with Crippen LogP contribution in [0, 0.1) is 11.3 Å². The van der Waals surface area contributed by atoms with E-state index in [1.54, 1.807) is 6.20 Å². The van der Waals surface area contributed by atoms with Gasteiger partial charge in [0, 0.05) is 48.8 Å². The van der Waals surface area contributed by atoms with Gasteiger partial charge in [0.25, 0.3) is 0 Å². The fourth-order valence-electron chi connectivity index (χ4n) is 4.75. The van der Waals surface area contributed by atoms with E-state index in [-0.39, 0.29) is 0 Å². The molecule has 0 radical (unpaired) electrons. The molecule has 0 unspecified atom stereocenters. The van der Waals surface area contributed by atoms with E-state index in [1.165, 1.54) is 0 Å². The van der Waals surface area contributed by atoms with E-state index in [9.17, 15) is 5.26 Å². The third-order valence-corrected chi connectivity index (χ3v) is 6.71. The molecule has 0 atom stereocenters. The van der Waals surface area contributed by atoms with E-state index < -0.39 is 0 Å². The number of piperazine rings is 1. The topological polar surface area (TPSA) is 114 Å². The first-order valence-electron chi connectivity index (χ1n) is 11.3. The zero-order valence-electron chi connectivity index (χ0n) is 18.8. The summed E-state index contributed by atoms with van der Waals surface area (Å²) in [6.07, 6.45) is 1.80. The van der Waals surface area contributed by atoms with Crippen LogP contribution in [-0.2, 0) is 0 Å². The minimum Gasteiger partial charge on any atom is -0.382 e. The summed E-state index contributed by atoms with van der Waals surface area (Å²) in [6.45, 7) is 3.85. The average Bonchev–Trinajstić information content (AvgIpc) is 3.47. The van der Waals surface area contributed by atoms with Gasteiger partial charge >= 0.3 is 0 Å². The quantitative estimate of drug-likeness (QED) is 0.385. The SMILES string of the molecule is CN1CCN(c2ccc(-c3cc4c(-c5ccc6[nH]nc(N)c6c5)ccnc4[nH]3)cc2C#N)CC1. The van der Waals surface area contributed by atoms with Gasteiger partial charge in [-0.2, -0.15) is 10.4 Å². The zero-order valence-corrected chi connectivity index (χ0v) is 18.8. The molecule has 6 rings (SSSR count). The molecule has 1 fully saturated rings. The second-order valence-corrected chi connectivity index (χ2v) is 8.81. The Labute approximate surface area is 196 Å². The van der Waals surface area contributed by atoms with Crippen LogP contribution in [0.15, 0.2) is 54.7 Å². The first-order valence-corrected chi connectivity index (χ1v) is 11.3. The third-order valence-electron chi connectivity index (χ3n) is 6.71. The number of nitrogen functional groups attached to an aromatic ring is 1. The number of anilines is 2. The van der Waals surface area contributed by atoms with Gasteiger partial charge in [-0.05, 0) is 60.1 Å². The molecule has 0 saturated carbocycles. The van der Waals surface area contributed by atoms with Crippen LogP contribution < -0.4 is 10.6 Å². The van der Waals surface area contributed by atoms with E-state index in [0.717, 1.165) is 76.2 Å². The molecule has 0 bridgehead atoms. The first-order chi connectivity index (χ1) is 16.6.